The molecule has 0 aliphatic heterocycles. The number of para-hydroxylation sites is 1. The molecule has 1 amide bonds. The molecule has 0 aliphatic carbocycles. The van der Waals surface area contributed by atoms with Crippen molar-refractivity contribution in [1.82, 2.24) is 0 Å². The van der Waals surface area contributed by atoms with E-state index in [9.17, 15) is 23.7 Å². The van der Waals surface area contributed by atoms with Gasteiger partial charge in [-0.2, -0.15) is 0 Å². The molecule has 2 aromatic rings. The molecule has 108 valence electrons. The van der Waals surface area contributed by atoms with Crippen molar-refractivity contribution < 1.29 is 18.5 Å². The lowest BCUT2D eigenvalue weighted by atomic mass is 10.1. The number of carbonyl (C=O) groups excluding carboxylic acids is 1. The number of aryl methyl sites for hydroxylation is 1. The highest BCUT2D eigenvalue weighted by atomic mass is 19.2. The molecule has 0 radical (unpaired) electrons. The number of nitrogens with zero attached hydrogens (tertiary/aromatic N) is 1. The zero-order valence-electron chi connectivity index (χ0n) is 10.9. The van der Waals surface area contributed by atoms with Gasteiger partial charge in [-0.1, -0.05) is 12.1 Å². The Morgan fingerprint density at radius 3 is 2.52 bits per heavy atom. The number of anilines is 1. The number of benzene rings is 2. The van der Waals surface area contributed by atoms with Crippen LogP contribution in [0, 0.1) is 28.7 Å². The number of hydrogen-bond donors (Lipinski definition) is 1. The lowest BCUT2D eigenvalue weighted by Crippen LogP contribution is -2.14. The number of hydrogen-bond acceptors (Lipinski definition) is 3. The van der Waals surface area contributed by atoms with Gasteiger partial charge in [0.25, 0.3) is 11.6 Å². The van der Waals surface area contributed by atoms with Crippen molar-refractivity contribution in [2.45, 2.75) is 6.92 Å². The van der Waals surface area contributed by atoms with Gasteiger partial charge in [0.2, 0.25) is 0 Å². The van der Waals surface area contributed by atoms with Gasteiger partial charge in [0.15, 0.2) is 11.6 Å². The Balaban J connectivity index is 2.35. The predicted octanol–water partition coefficient (Wildman–Crippen LogP) is 3.43. The summed E-state index contributed by atoms with van der Waals surface area (Å²) in [5.41, 5.74) is -0.130. The van der Waals surface area contributed by atoms with Gasteiger partial charge in [-0.25, -0.2) is 8.78 Å². The maximum absolute atomic E-state index is 13.1. The Labute approximate surface area is 118 Å². The monoisotopic (exact) mass is 292 g/mol. The van der Waals surface area contributed by atoms with Crippen LogP contribution in [0.2, 0.25) is 0 Å². The Kier molecular flexibility index (Phi) is 3.93. The summed E-state index contributed by atoms with van der Waals surface area (Å²) in [5.74, 6) is -2.93. The van der Waals surface area contributed by atoms with Crippen LogP contribution in [0.1, 0.15) is 15.9 Å². The second-order valence-corrected chi connectivity index (χ2v) is 4.31. The average molecular weight is 292 g/mol. The van der Waals surface area contributed by atoms with Crippen molar-refractivity contribution in [2.75, 3.05) is 5.32 Å². The van der Waals surface area contributed by atoms with E-state index >= 15 is 0 Å². The summed E-state index contributed by atoms with van der Waals surface area (Å²) in [6, 6.07) is 7.12. The fourth-order valence-electron chi connectivity index (χ4n) is 1.86. The van der Waals surface area contributed by atoms with Gasteiger partial charge >= 0.3 is 0 Å². The predicted molar refractivity (Wildman–Crippen MR) is 72.1 cm³/mol. The molecule has 7 heteroatoms. The third-order valence-corrected chi connectivity index (χ3v) is 2.84. The molecule has 0 saturated heterocycles. The maximum Gasteiger partial charge on any atom is 0.285 e. The lowest BCUT2D eigenvalue weighted by molar-refractivity contribution is -0.385. The number of nitrogens with one attached hydrogen (secondary N) is 1. The van der Waals surface area contributed by atoms with Crippen LogP contribution in [0.15, 0.2) is 36.4 Å². The summed E-state index contributed by atoms with van der Waals surface area (Å²) >= 11 is 0. The first-order valence-electron chi connectivity index (χ1n) is 5.90. The molecule has 0 aliphatic rings. The van der Waals surface area contributed by atoms with E-state index < -0.39 is 22.5 Å². The minimum Gasteiger partial charge on any atom is -0.322 e. The van der Waals surface area contributed by atoms with Crippen LogP contribution in [0.25, 0.3) is 0 Å². The highest BCUT2D eigenvalue weighted by molar-refractivity contribution is 6.07. The van der Waals surface area contributed by atoms with Gasteiger partial charge in [0.1, 0.15) is 5.56 Å². The van der Waals surface area contributed by atoms with Gasteiger partial charge in [-0.15, -0.1) is 0 Å². The number of carbonyl (C=O) groups is 1. The van der Waals surface area contributed by atoms with E-state index in [1.165, 1.54) is 25.1 Å². The summed E-state index contributed by atoms with van der Waals surface area (Å²) in [7, 11) is 0. The molecular formula is C14H10F2N2O3. The fraction of sp³-hybridized carbons (Fsp3) is 0.0714. The van der Waals surface area contributed by atoms with E-state index in [0.717, 1.165) is 18.2 Å². The summed E-state index contributed by atoms with van der Waals surface area (Å²) in [6.45, 7) is 1.51. The molecule has 0 heterocycles. The number of amides is 1. The van der Waals surface area contributed by atoms with Crippen molar-refractivity contribution in [3.8, 4) is 0 Å². The van der Waals surface area contributed by atoms with Crippen molar-refractivity contribution in [3.63, 3.8) is 0 Å². The van der Waals surface area contributed by atoms with Crippen LogP contribution in [0.3, 0.4) is 0 Å². The first-order valence-corrected chi connectivity index (χ1v) is 5.90. The molecule has 0 atom stereocenters. The van der Waals surface area contributed by atoms with Gasteiger partial charge in [-0.3, -0.25) is 14.9 Å². The average Bonchev–Trinajstić information content (AvgIpc) is 2.42. The molecule has 21 heavy (non-hydrogen) atoms. The van der Waals surface area contributed by atoms with Crippen LogP contribution in [-0.2, 0) is 0 Å². The zero-order chi connectivity index (χ0) is 15.6. The second-order valence-electron chi connectivity index (χ2n) is 4.31. The van der Waals surface area contributed by atoms with Crippen molar-refractivity contribution in [3.05, 3.63) is 69.3 Å². The summed E-state index contributed by atoms with van der Waals surface area (Å²) in [5, 5.41) is 13.3. The van der Waals surface area contributed by atoms with Crippen LogP contribution >= 0.6 is 0 Å². The lowest BCUT2D eigenvalue weighted by Gasteiger charge is -2.07. The molecule has 0 unspecified atom stereocenters. The topological polar surface area (TPSA) is 72.2 Å². The second kappa shape index (κ2) is 5.66. The Morgan fingerprint density at radius 1 is 1.19 bits per heavy atom. The number of nitro groups is 1. The van der Waals surface area contributed by atoms with Crippen molar-refractivity contribution >= 4 is 17.3 Å². The van der Waals surface area contributed by atoms with Crippen LogP contribution in [0.4, 0.5) is 20.2 Å². The van der Waals surface area contributed by atoms with Crippen molar-refractivity contribution in [1.29, 1.82) is 0 Å². The van der Waals surface area contributed by atoms with E-state index in [4.69, 9.17) is 0 Å². The standard InChI is InChI=1S/C14H10F2N2O3/c1-8-3-2-4-10(13(8)18(20)21)14(19)17-9-5-6-11(15)12(16)7-9/h2-7H,1H3,(H,17,19). The number of nitro benzene ring substituents is 1. The minimum absolute atomic E-state index is 0.00899. The molecular weight excluding hydrogens is 282 g/mol. The van der Waals surface area contributed by atoms with Gasteiger partial charge in [0, 0.05) is 17.3 Å². The molecule has 0 spiro atoms. The molecule has 0 saturated carbocycles. The molecule has 5 nitrogen and oxygen atoms in total. The molecule has 2 aromatic carbocycles. The Bertz CT molecular complexity index is 732. The van der Waals surface area contributed by atoms with Gasteiger partial charge in [-0.05, 0) is 25.1 Å². The summed E-state index contributed by atoms with van der Waals surface area (Å²) in [4.78, 5) is 22.4. The van der Waals surface area contributed by atoms with E-state index in [2.05, 4.69) is 5.32 Å². The molecule has 2 rings (SSSR count). The maximum atomic E-state index is 13.1. The molecule has 0 aromatic heterocycles. The first kappa shape index (κ1) is 14.6. The molecule has 1 N–H and O–H groups in total. The highest BCUT2D eigenvalue weighted by Crippen LogP contribution is 2.24. The van der Waals surface area contributed by atoms with Crippen molar-refractivity contribution in [2.24, 2.45) is 0 Å². The summed E-state index contributed by atoms with van der Waals surface area (Å²) in [6.07, 6.45) is 0. The smallest absolute Gasteiger partial charge is 0.285 e. The van der Waals surface area contributed by atoms with E-state index in [1.54, 1.807) is 0 Å². The fourth-order valence-corrected chi connectivity index (χ4v) is 1.86. The number of halogens is 2. The van der Waals surface area contributed by atoms with Crippen LogP contribution in [-0.4, -0.2) is 10.8 Å². The Morgan fingerprint density at radius 2 is 1.90 bits per heavy atom. The molecule has 0 fully saturated rings. The number of rotatable bonds is 3. The third kappa shape index (κ3) is 3.02. The van der Waals surface area contributed by atoms with Crippen LogP contribution < -0.4 is 5.32 Å². The normalized spacial score (nSPS) is 10.2. The first-order chi connectivity index (χ1) is 9.90. The summed E-state index contributed by atoms with van der Waals surface area (Å²) < 4.78 is 25.9. The van der Waals surface area contributed by atoms with Gasteiger partial charge in [0.05, 0.1) is 4.92 Å². The molecule has 0 bridgehead atoms. The zero-order valence-corrected chi connectivity index (χ0v) is 10.9. The quantitative estimate of drug-likeness (QED) is 0.695. The highest BCUT2D eigenvalue weighted by Gasteiger charge is 2.22. The SMILES string of the molecule is Cc1cccc(C(=O)Nc2ccc(F)c(F)c2)c1[N+](=O)[O-]. The van der Waals surface area contributed by atoms with E-state index in [-0.39, 0.29) is 16.9 Å². The van der Waals surface area contributed by atoms with E-state index in [1.807, 2.05) is 0 Å². The Hall–Kier alpha value is -2.83. The largest absolute Gasteiger partial charge is 0.322 e. The van der Waals surface area contributed by atoms with Crippen LogP contribution in [0.5, 0.6) is 0 Å². The van der Waals surface area contributed by atoms with Gasteiger partial charge < -0.3 is 5.32 Å². The minimum atomic E-state index is -1.12. The third-order valence-electron chi connectivity index (χ3n) is 2.84. The van der Waals surface area contributed by atoms with E-state index in [0.29, 0.717) is 5.56 Å².